The zero-order valence-electron chi connectivity index (χ0n) is 13.4. The van der Waals surface area contributed by atoms with Crippen molar-refractivity contribution in [2.45, 2.75) is 6.54 Å². The number of nitrogens with one attached hydrogen (secondary N) is 1. The van der Waals surface area contributed by atoms with Gasteiger partial charge in [-0.1, -0.05) is 24.3 Å². The monoisotopic (exact) mass is 337 g/mol. The van der Waals surface area contributed by atoms with Gasteiger partial charge in [-0.2, -0.15) is 11.8 Å². The Morgan fingerprint density at radius 1 is 1.04 bits per heavy atom. The zero-order valence-corrected chi connectivity index (χ0v) is 14.2. The second-order valence-corrected chi connectivity index (χ2v) is 6.93. The Morgan fingerprint density at radius 2 is 1.92 bits per heavy atom. The summed E-state index contributed by atoms with van der Waals surface area (Å²) in [4.78, 5) is 15.6. The van der Waals surface area contributed by atoms with Crippen LogP contribution in [0.4, 0.5) is 11.6 Å². The maximum atomic E-state index is 4.50. The van der Waals surface area contributed by atoms with E-state index in [0.717, 1.165) is 47.1 Å². The molecule has 1 saturated heterocycles. The lowest BCUT2D eigenvalue weighted by Gasteiger charge is -2.27. The summed E-state index contributed by atoms with van der Waals surface area (Å²) in [5, 5.41) is 4.57. The minimum absolute atomic E-state index is 0.695. The predicted octanol–water partition coefficient (Wildman–Crippen LogP) is 3.19. The van der Waals surface area contributed by atoms with Gasteiger partial charge in [-0.25, -0.2) is 9.97 Å². The summed E-state index contributed by atoms with van der Waals surface area (Å²) in [5.74, 6) is 4.18. The second kappa shape index (κ2) is 7.05. The normalized spacial score (nSPS) is 14.8. The van der Waals surface area contributed by atoms with Crippen LogP contribution in [0.1, 0.15) is 5.56 Å². The Hall–Kier alpha value is -2.34. The van der Waals surface area contributed by atoms with Gasteiger partial charge >= 0.3 is 0 Å². The van der Waals surface area contributed by atoms with Crippen molar-refractivity contribution in [2.75, 3.05) is 34.8 Å². The molecule has 5 nitrogen and oxygen atoms in total. The fourth-order valence-corrected chi connectivity index (χ4v) is 3.81. The van der Waals surface area contributed by atoms with Gasteiger partial charge in [-0.05, 0) is 11.6 Å². The molecule has 24 heavy (non-hydrogen) atoms. The molecule has 0 bridgehead atoms. The van der Waals surface area contributed by atoms with E-state index in [1.165, 1.54) is 5.56 Å². The summed E-state index contributed by atoms with van der Waals surface area (Å²) >= 11 is 2.00. The first-order valence-electron chi connectivity index (χ1n) is 8.11. The van der Waals surface area contributed by atoms with Gasteiger partial charge in [0.25, 0.3) is 0 Å². The van der Waals surface area contributed by atoms with Gasteiger partial charge in [0.2, 0.25) is 0 Å². The van der Waals surface area contributed by atoms with Crippen LogP contribution in [-0.4, -0.2) is 39.5 Å². The van der Waals surface area contributed by atoms with Crippen LogP contribution in [0, 0.1) is 0 Å². The molecule has 0 spiro atoms. The molecule has 2 aromatic heterocycles. The van der Waals surface area contributed by atoms with Crippen molar-refractivity contribution in [3.63, 3.8) is 0 Å². The van der Waals surface area contributed by atoms with Crippen LogP contribution in [0.2, 0.25) is 0 Å². The first-order chi connectivity index (χ1) is 11.9. The van der Waals surface area contributed by atoms with Crippen LogP contribution in [0.25, 0.3) is 10.9 Å². The van der Waals surface area contributed by atoms with Crippen molar-refractivity contribution < 1.29 is 0 Å². The van der Waals surface area contributed by atoms with Gasteiger partial charge < -0.3 is 10.2 Å². The first-order valence-corrected chi connectivity index (χ1v) is 9.27. The minimum Gasteiger partial charge on any atom is -0.366 e. The molecule has 1 aliphatic heterocycles. The van der Waals surface area contributed by atoms with E-state index in [9.17, 15) is 0 Å². The van der Waals surface area contributed by atoms with Gasteiger partial charge in [0, 0.05) is 48.8 Å². The number of anilines is 2. The van der Waals surface area contributed by atoms with Crippen LogP contribution in [0.15, 0.2) is 48.9 Å². The largest absolute Gasteiger partial charge is 0.366 e. The maximum Gasteiger partial charge on any atom is 0.134 e. The Morgan fingerprint density at radius 3 is 2.83 bits per heavy atom. The van der Waals surface area contributed by atoms with E-state index in [1.54, 1.807) is 6.33 Å². The lowest BCUT2D eigenvalue weighted by molar-refractivity contribution is 0.835. The van der Waals surface area contributed by atoms with E-state index >= 15 is 0 Å². The fourth-order valence-electron chi connectivity index (χ4n) is 2.90. The Labute approximate surface area is 145 Å². The van der Waals surface area contributed by atoms with E-state index in [0.29, 0.717) is 6.54 Å². The molecule has 1 aliphatic rings. The topological polar surface area (TPSA) is 53.9 Å². The summed E-state index contributed by atoms with van der Waals surface area (Å²) < 4.78 is 0. The van der Waals surface area contributed by atoms with Crippen molar-refractivity contribution in [2.24, 2.45) is 0 Å². The summed E-state index contributed by atoms with van der Waals surface area (Å²) in [5.41, 5.74) is 2.21. The Bertz CT molecular complexity index is 827. The van der Waals surface area contributed by atoms with Gasteiger partial charge in [0.05, 0.1) is 5.52 Å². The molecule has 1 fully saturated rings. The molecular weight excluding hydrogens is 318 g/mol. The first kappa shape index (κ1) is 15.2. The molecule has 0 radical (unpaired) electrons. The molecule has 6 heteroatoms. The van der Waals surface area contributed by atoms with Crippen molar-refractivity contribution in [3.8, 4) is 0 Å². The number of aromatic nitrogens is 3. The van der Waals surface area contributed by atoms with Crippen LogP contribution in [-0.2, 0) is 6.54 Å². The number of rotatable bonds is 4. The molecule has 0 saturated carbocycles. The molecule has 0 atom stereocenters. The van der Waals surface area contributed by atoms with E-state index in [-0.39, 0.29) is 0 Å². The number of benzene rings is 1. The highest BCUT2D eigenvalue weighted by molar-refractivity contribution is 7.99. The van der Waals surface area contributed by atoms with Crippen molar-refractivity contribution >= 4 is 34.3 Å². The predicted molar refractivity (Wildman–Crippen MR) is 101 cm³/mol. The highest BCUT2D eigenvalue weighted by Gasteiger charge is 2.13. The van der Waals surface area contributed by atoms with E-state index in [4.69, 9.17) is 0 Å². The number of para-hydroxylation sites is 1. The fraction of sp³-hybridized carbons (Fsp3) is 0.278. The molecule has 0 aliphatic carbocycles. The summed E-state index contributed by atoms with van der Waals surface area (Å²) in [6.07, 6.45) is 3.48. The van der Waals surface area contributed by atoms with E-state index < -0.39 is 0 Å². The van der Waals surface area contributed by atoms with E-state index in [2.05, 4.69) is 49.4 Å². The third-order valence-corrected chi connectivity index (χ3v) is 5.11. The summed E-state index contributed by atoms with van der Waals surface area (Å²) in [6, 6.07) is 12.3. The minimum atomic E-state index is 0.695. The summed E-state index contributed by atoms with van der Waals surface area (Å²) in [7, 11) is 0. The number of thioether (sulfide) groups is 1. The molecule has 1 aromatic carbocycles. The van der Waals surface area contributed by atoms with Crippen LogP contribution in [0.3, 0.4) is 0 Å². The van der Waals surface area contributed by atoms with Crippen LogP contribution < -0.4 is 10.2 Å². The molecule has 0 amide bonds. The average Bonchev–Trinajstić information content (AvgIpc) is 2.67. The molecule has 4 rings (SSSR count). The highest BCUT2D eigenvalue weighted by Crippen LogP contribution is 2.20. The number of fused-ring (bicyclic) bond motifs is 1. The quantitative estimate of drug-likeness (QED) is 0.789. The van der Waals surface area contributed by atoms with Crippen LogP contribution in [0.5, 0.6) is 0 Å². The van der Waals surface area contributed by atoms with Crippen molar-refractivity contribution in [1.29, 1.82) is 0 Å². The van der Waals surface area contributed by atoms with Gasteiger partial charge in [0.15, 0.2) is 0 Å². The second-order valence-electron chi connectivity index (χ2n) is 5.71. The Balaban J connectivity index is 1.51. The number of hydrogen-bond donors (Lipinski definition) is 1. The number of nitrogens with zero attached hydrogens (tertiary/aromatic N) is 4. The van der Waals surface area contributed by atoms with Crippen molar-refractivity contribution in [3.05, 3.63) is 54.5 Å². The third kappa shape index (κ3) is 3.28. The lowest BCUT2D eigenvalue weighted by atomic mass is 10.1. The van der Waals surface area contributed by atoms with Gasteiger partial charge in [-0.15, -0.1) is 0 Å². The number of pyridine rings is 1. The van der Waals surface area contributed by atoms with E-state index in [1.807, 2.05) is 30.1 Å². The molecule has 1 N–H and O–H groups in total. The molecule has 3 aromatic rings. The maximum absolute atomic E-state index is 4.50. The zero-order chi connectivity index (χ0) is 16.2. The molecule has 0 unspecified atom stereocenters. The molecule has 3 heterocycles. The van der Waals surface area contributed by atoms with Crippen molar-refractivity contribution in [1.82, 2.24) is 15.0 Å². The Kier molecular flexibility index (Phi) is 4.46. The average molecular weight is 337 g/mol. The van der Waals surface area contributed by atoms with Gasteiger partial charge in [0.1, 0.15) is 18.0 Å². The lowest BCUT2D eigenvalue weighted by Crippen LogP contribution is -2.33. The summed E-state index contributed by atoms with van der Waals surface area (Å²) in [6.45, 7) is 2.80. The number of hydrogen-bond acceptors (Lipinski definition) is 6. The molecule has 122 valence electrons. The SMILES string of the molecule is c1cnc2c(CNc3cc(N4CCSCC4)ncn3)cccc2c1. The van der Waals surface area contributed by atoms with Gasteiger partial charge in [-0.3, -0.25) is 4.98 Å². The molecular formula is C18H19N5S. The third-order valence-electron chi connectivity index (χ3n) is 4.16. The highest BCUT2D eigenvalue weighted by atomic mass is 32.2. The smallest absolute Gasteiger partial charge is 0.134 e. The standard InChI is InChI=1S/C18H19N5S/c1-3-14-5-2-6-19-18(14)15(4-1)12-20-16-11-17(22-13-21-16)23-7-9-24-10-8-23/h1-6,11,13H,7-10,12H2,(H,20,21,22). The van der Waals surface area contributed by atoms with Crippen LogP contribution >= 0.6 is 11.8 Å².